The molecule has 3 rings (SSSR count). The molecule has 116 valence electrons. The Balaban J connectivity index is 2.16. The molecule has 0 amide bonds. The van der Waals surface area contributed by atoms with Crippen molar-refractivity contribution in [3.05, 3.63) is 34.6 Å². The van der Waals surface area contributed by atoms with E-state index in [2.05, 4.69) is 11.9 Å². The van der Waals surface area contributed by atoms with E-state index >= 15 is 0 Å². The van der Waals surface area contributed by atoms with Crippen molar-refractivity contribution in [2.24, 2.45) is 5.92 Å². The van der Waals surface area contributed by atoms with E-state index in [1.165, 1.54) is 4.57 Å². The second kappa shape index (κ2) is 5.79. The van der Waals surface area contributed by atoms with Crippen molar-refractivity contribution in [3.63, 3.8) is 0 Å². The van der Waals surface area contributed by atoms with Crippen LogP contribution in [0.5, 0.6) is 0 Å². The van der Waals surface area contributed by atoms with Crippen LogP contribution < -0.4 is 10.5 Å². The van der Waals surface area contributed by atoms with E-state index in [4.69, 9.17) is 5.11 Å². The van der Waals surface area contributed by atoms with Gasteiger partial charge in [-0.25, -0.2) is 4.98 Å². The van der Waals surface area contributed by atoms with Crippen LogP contribution in [0.15, 0.2) is 29.1 Å². The number of nitrogens with zero attached hydrogens (tertiary/aromatic N) is 3. The highest BCUT2D eigenvalue weighted by Crippen LogP contribution is 2.21. The molecule has 1 N–H and O–H groups in total. The average Bonchev–Trinajstić information content (AvgIpc) is 2.49. The number of aliphatic carboxylic acids is 1. The molecule has 0 saturated carbocycles. The molecule has 0 aliphatic carbocycles. The Labute approximate surface area is 128 Å². The fourth-order valence-corrected chi connectivity index (χ4v) is 3.06. The van der Waals surface area contributed by atoms with Crippen molar-refractivity contribution in [1.29, 1.82) is 0 Å². The van der Waals surface area contributed by atoms with E-state index in [1.807, 2.05) is 17.0 Å². The lowest BCUT2D eigenvalue weighted by Crippen LogP contribution is -2.40. The van der Waals surface area contributed by atoms with Crippen LogP contribution in [0.1, 0.15) is 19.8 Å². The third-order valence-electron chi connectivity index (χ3n) is 4.09. The Morgan fingerprint density at radius 3 is 2.91 bits per heavy atom. The number of para-hydroxylation sites is 2. The van der Waals surface area contributed by atoms with Gasteiger partial charge in [0.2, 0.25) is 0 Å². The number of benzene rings is 1. The second-order valence-electron chi connectivity index (χ2n) is 5.90. The summed E-state index contributed by atoms with van der Waals surface area (Å²) in [7, 11) is 0. The average molecular weight is 301 g/mol. The predicted octanol–water partition coefficient (Wildman–Crippen LogP) is 1.72. The van der Waals surface area contributed by atoms with Crippen molar-refractivity contribution in [1.82, 2.24) is 9.55 Å². The second-order valence-corrected chi connectivity index (χ2v) is 5.90. The van der Waals surface area contributed by atoms with Gasteiger partial charge in [0.25, 0.3) is 5.56 Å². The lowest BCUT2D eigenvalue weighted by Gasteiger charge is -2.31. The van der Waals surface area contributed by atoms with Crippen LogP contribution >= 0.6 is 0 Å². The number of hydrogen-bond acceptors (Lipinski definition) is 4. The molecule has 0 spiro atoms. The summed E-state index contributed by atoms with van der Waals surface area (Å²) in [5.41, 5.74) is 0.885. The van der Waals surface area contributed by atoms with Gasteiger partial charge in [0.05, 0.1) is 11.0 Å². The van der Waals surface area contributed by atoms with Gasteiger partial charge in [0.15, 0.2) is 5.82 Å². The van der Waals surface area contributed by atoms with Crippen LogP contribution in [0, 0.1) is 5.92 Å². The molecule has 1 aromatic carbocycles. The molecule has 1 fully saturated rings. The zero-order valence-corrected chi connectivity index (χ0v) is 12.5. The van der Waals surface area contributed by atoms with Crippen molar-refractivity contribution < 1.29 is 9.90 Å². The molecule has 1 unspecified atom stereocenters. The Morgan fingerprint density at radius 2 is 2.18 bits per heavy atom. The normalized spacial score (nSPS) is 18.6. The molecule has 1 aliphatic rings. The third kappa shape index (κ3) is 2.68. The quantitative estimate of drug-likeness (QED) is 0.934. The fraction of sp³-hybridized carbons (Fsp3) is 0.438. The minimum atomic E-state index is -1.03. The number of hydrogen-bond donors (Lipinski definition) is 1. The van der Waals surface area contributed by atoms with Gasteiger partial charge in [-0.2, -0.15) is 0 Å². The summed E-state index contributed by atoms with van der Waals surface area (Å²) in [6.07, 6.45) is 2.17. The largest absolute Gasteiger partial charge is 0.480 e. The molecular weight excluding hydrogens is 282 g/mol. The van der Waals surface area contributed by atoms with Gasteiger partial charge in [0.1, 0.15) is 6.54 Å². The third-order valence-corrected chi connectivity index (χ3v) is 4.09. The van der Waals surface area contributed by atoms with Gasteiger partial charge in [-0.1, -0.05) is 19.1 Å². The summed E-state index contributed by atoms with van der Waals surface area (Å²) in [4.78, 5) is 30.3. The summed E-state index contributed by atoms with van der Waals surface area (Å²) in [6, 6.07) is 7.16. The number of aromatic nitrogens is 2. The van der Waals surface area contributed by atoms with Gasteiger partial charge >= 0.3 is 5.97 Å². The number of carbonyl (C=O) groups is 1. The summed E-state index contributed by atoms with van der Waals surface area (Å²) in [6.45, 7) is 3.38. The molecular formula is C16H19N3O3. The lowest BCUT2D eigenvalue weighted by atomic mass is 10.0. The smallest absolute Gasteiger partial charge is 0.323 e. The highest BCUT2D eigenvalue weighted by Gasteiger charge is 2.22. The van der Waals surface area contributed by atoms with Crippen molar-refractivity contribution in [2.75, 3.05) is 18.0 Å². The molecule has 6 heteroatoms. The highest BCUT2D eigenvalue weighted by atomic mass is 16.4. The Hall–Kier alpha value is -2.37. The van der Waals surface area contributed by atoms with Gasteiger partial charge in [-0.3, -0.25) is 14.2 Å². The van der Waals surface area contributed by atoms with Crippen molar-refractivity contribution in [3.8, 4) is 0 Å². The van der Waals surface area contributed by atoms with E-state index < -0.39 is 5.97 Å². The Bertz CT molecular complexity index is 769. The van der Waals surface area contributed by atoms with E-state index in [0.29, 0.717) is 22.8 Å². The molecule has 2 heterocycles. The van der Waals surface area contributed by atoms with Gasteiger partial charge in [-0.05, 0) is 30.9 Å². The van der Waals surface area contributed by atoms with E-state index in [-0.39, 0.29) is 12.1 Å². The minimum absolute atomic E-state index is 0.324. The first-order valence-corrected chi connectivity index (χ1v) is 7.52. The molecule has 1 atom stereocenters. The van der Waals surface area contributed by atoms with Crippen LogP contribution in [0.3, 0.4) is 0 Å². The maximum Gasteiger partial charge on any atom is 0.323 e. The number of piperidine rings is 1. The van der Waals surface area contributed by atoms with E-state index in [1.54, 1.807) is 12.1 Å². The molecule has 1 aliphatic heterocycles. The first-order valence-electron chi connectivity index (χ1n) is 7.52. The first kappa shape index (κ1) is 14.6. The summed E-state index contributed by atoms with van der Waals surface area (Å²) in [5, 5.41) is 9.10. The topological polar surface area (TPSA) is 75.4 Å². The molecule has 6 nitrogen and oxygen atoms in total. The predicted molar refractivity (Wildman–Crippen MR) is 84.2 cm³/mol. The summed E-state index contributed by atoms with van der Waals surface area (Å²) < 4.78 is 1.30. The van der Waals surface area contributed by atoms with E-state index in [0.717, 1.165) is 25.9 Å². The molecule has 1 saturated heterocycles. The number of carboxylic acid groups (broad SMARTS) is 1. The van der Waals surface area contributed by atoms with Gasteiger partial charge in [-0.15, -0.1) is 0 Å². The molecule has 0 bridgehead atoms. The van der Waals surface area contributed by atoms with Gasteiger partial charge < -0.3 is 10.0 Å². The number of rotatable bonds is 3. The highest BCUT2D eigenvalue weighted by molar-refractivity contribution is 5.78. The standard InChI is InChI=1S/C16H19N3O3/c1-11-5-4-8-18(9-11)15-16(22)19(10-14(20)21)13-7-3-2-6-12(13)17-15/h2-3,6-7,11H,4-5,8-10H2,1H3,(H,20,21). The van der Waals surface area contributed by atoms with Crippen LogP contribution in [0.4, 0.5) is 5.82 Å². The van der Waals surface area contributed by atoms with Crippen molar-refractivity contribution in [2.45, 2.75) is 26.3 Å². The van der Waals surface area contributed by atoms with Crippen LogP contribution in [0.25, 0.3) is 11.0 Å². The maximum atomic E-state index is 12.7. The van der Waals surface area contributed by atoms with E-state index in [9.17, 15) is 9.59 Å². The van der Waals surface area contributed by atoms with Crippen molar-refractivity contribution >= 4 is 22.8 Å². The zero-order chi connectivity index (χ0) is 15.7. The van der Waals surface area contributed by atoms with Gasteiger partial charge in [0, 0.05) is 13.1 Å². The van der Waals surface area contributed by atoms with Crippen LogP contribution in [0.2, 0.25) is 0 Å². The van der Waals surface area contributed by atoms with Crippen LogP contribution in [-0.2, 0) is 11.3 Å². The summed E-state index contributed by atoms with van der Waals surface area (Å²) in [5.74, 6) is -0.155. The number of carboxylic acids is 1. The minimum Gasteiger partial charge on any atom is -0.480 e. The molecule has 2 aromatic rings. The summed E-state index contributed by atoms with van der Waals surface area (Å²) >= 11 is 0. The Kier molecular flexibility index (Phi) is 3.83. The van der Waals surface area contributed by atoms with Crippen LogP contribution in [-0.4, -0.2) is 33.7 Å². The monoisotopic (exact) mass is 301 g/mol. The fourth-order valence-electron chi connectivity index (χ4n) is 3.06. The Morgan fingerprint density at radius 1 is 1.41 bits per heavy atom. The SMILES string of the molecule is CC1CCCN(c2nc3ccccc3n(CC(=O)O)c2=O)C1. The zero-order valence-electron chi connectivity index (χ0n) is 12.5. The first-order chi connectivity index (χ1) is 10.6. The molecule has 0 radical (unpaired) electrons. The lowest BCUT2D eigenvalue weighted by molar-refractivity contribution is -0.137. The molecule has 1 aromatic heterocycles. The molecule has 22 heavy (non-hydrogen) atoms. The number of fused-ring (bicyclic) bond motifs is 1. The maximum absolute atomic E-state index is 12.7. The number of anilines is 1.